The van der Waals surface area contributed by atoms with Gasteiger partial charge in [0.2, 0.25) is 0 Å². The second-order valence-corrected chi connectivity index (χ2v) is 4.24. The van der Waals surface area contributed by atoms with Crippen LogP contribution in [0.4, 0.5) is 0 Å². The van der Waals surface area contributed by atoms with Gasteiger partial charge in [-0.15, -0.1) is 0 Å². The predicted octanol–water partition coefficient (Wildman–Crippen LogP) is 1.08. The Labute approximate surface area is 120 Å². The second kappa shape index (κ2) is 6.08. The van der Waals surface area contributed by atoms with Gasteiger partial charge in [-0.3, -0.25) is 9.59 Å². The van der Waals surface area contributed by atoms with Gasteiger partial charge >= 0.3 is 5.97 Å². The first-order valence-electron chi connectivity index (χ1n) is 6.08. The number of ether oxygens (including phenoxy) is 2. The second-order valence-electron chi connectivity index (χ2n) is 4.24. The average molecular weight is 290 g/mol. The maximum absolute atomic E-state index is 11.6. The molecule has 7 nitrogen and oxygen atoms in total. The van der Waals surface area contributed by atoms with Crippen LogP contribution in [0.25, 0.3) is 11.3 Å². The Hall–Kier alpha value is -2.83. The number of methoxy groups -OCH3 is 2. The molecule has 0 unspecified atom stereocenters. The summed E-state index contributed by atoms with van der Waals surface area (Å²) in [4.78, 5) is 22.3. The summed E-state index contributed by atoms with van der Waals surface area (Å²) in [5.41, 5.74) is 0.658. The average Bonchev–Trinajstić information content (AvgIpc) is 2.48. The molecular weight excluding hydrogens is 276 g/mol. The zero-order valence-electron chi connectivity index (χ0n) is 11.5. The number of aromatic amines is 1. The summed E-state index contributed by atoms with van der Waals surface area (Å²) in [5, 5.41) is 15.0. The lowest BCUT2D eigenvalue weighted by molar-refractivity contribution is -0.136. The van der Waals surface area contributed by atoms with Gasteiger partial charge < -0.3 is 14.6 Å². The molecule has 2 aromatic rings. The number of nitrogens with one attached hydrogen (secondary N) is 1. The van der Waals surface area contributed by atoms with Gasteiger partial charge in [-0.1, -0.05) is 0 Å². The van der Waals surface area contributed by atoms with E-state index in [2.05, 4.69) is 10.2 Å². The van der Waals surface area contributed by atoms with E-state index in [4.69, 9.17) is 14.6 Å². The Kier molecular flexibility index (Phi) is 4.22. The lowest BCUT2D eigenvalue weighted by Crippen LogP contribution is -2.17. The van der Waals surface area contributed by atoms with Crippen LogP contribution in [0, 0.1) is 0 Å². The predicted molar refractivity (Wildman–Crippen MR) is 74.7 cm³/mol. The monoisotopic (exact) mass is 290 g/mol. The molecule has 0 fully saturated rings. The summed E-state index contributed by atoms with van der Waals surface area (Å²) < 4.78 is 10.4. The van der Waals surface area contributed by atoms with Crippen LogP contribution < -0.4 is 15.0 Å². The van der Waals surface area contributed by atoms with Crippen LogP contribution in [0.2, 0.25) is 0 Å². The fourth-order valence-corrected chi connectivity index (χ4v) is 1.89. The van der Waals surface area contributed by atoms with Crippen molar-refractivity contribution >= 4 is 5.97 Å². The minimum atomic E-state index is -1.08. The van der Waals surface area contributed by atoms with E-state index in [1.54, 1.807) is 18.2 Å². The van der Waals surface area contributed by atoms with Gasteiger partial charge in [0.1, 0.15) is 11.5 Å². The number of carboxylic acids is 1. The molecule has 0 saturated heterocycles. The molecule has 0 amide bonds. The molecule has 2 rings (SSSR count). The highest BCUT2D eigenvalue weighted by atomic mass is 16.5. The zero-order chi connectivity index (χ0) is 15.4. The van der Waals surface area contributed by atoms with Gasteiger partial charge in [-0.05, 0) is 18.2 Å². The number of carbonyl (C=O) groups is 1. The summed E-state index contributed by atoms with van der Waals surface area (Å²) >= 11 is 0. The van der Waals surface area contributed by atoms with Crippen molar-refractivity contribution in [3.05, 3.63) is 40.2 Å². The standard InChI is InChI=1S/C14H14N2O5/c1-20-9-3-4-10(12(7-9)21-2)11-5-8(6-13(17)18)14(19)16-15-11/h3-5,7H,6H2,1-2H3,(H,16,19)(H,17,18). The normalized spacial score (nSPS) is 10.2. The van der Waals surface area contributed by atoms with Crippen molar-refractivity contribution in [1.82, 2.24) is 10.2 Å². The highest BCUT2D eigenvalue weighted by molar-refractivity contribution is 5.72. The summed E-state index contributed by atoms with van der Waals surface area (Å²) in [6.45, 7) is 0. The van der Waals surface area contributed by atoms with Crippen LogP contribution >= 0.6 is 0 Å². The Bertz CT molecular complexity index is 724. The van der Waals surface area contributed by atoms with Crippen LogP contribution in [0.15, 0.2) is 29.1 Å². The van der Waals surface area contributed by atoms with Crippen LogP contribution in [-0.4, -0.2) is 35.5 Å². The molecule has 0 atom stereocenters. The third-order valence-electron chi connectivity index (χ3n) is 2.91. The van der Waals surface area contributed by atoms with Crippen molar-refractivity contribution < 1.29 is 19.4 Å². The van der Waals surface area contributed by atoms with E-state index in [0.717, 1.165) is 0 Å². The number of hydrogen-bond donors (Lipinski definition) is 2. The zero-order valence-corrected chi connectivity index (χ0v) is 11.5. The van der Waals surface area contributed by atoms with Crippen molar-refractivity contribution in [2.45, 2.75) is 6.42 Å². The molecule has 7 heteroatoms. The maximum atomic E-state index is 11.6. The molecule has 0 aliphatic carbocycles. The molecule has 0 saturated carbocycles. The minimum Gasteiger partial charge on any atom is -0.497 e. The van der Waals surface area contributed by atoms with Gasteiger partial charge in [0, 0.05) is 17.2 Å². The SMILES string of the molecule is COc1ccc(-c2cc(CC(=O)O)c(=O)[nH]n2)c(OC)c1. The Morgan fingerprint density at radius 3 is 2.67 bits per heavy atom. The van der Waals surface area contributed by atoms with Crippen LogP contribution in [0.1, 0.15) is 5.56 Å². The fourth-order valence-electron chi connectivity index (χ4n) is 1.89. The van der Waals surface area contributed by atoms with E-state index in [-0.39, 0.29) is 12.0 Å². The van der Waals surface area contributed by atoms with Gasteiger partial charge in [0.05, 0.1) is 26.3 Å². The van der Waals surface area contributed by atoms with Crippen LogP contribution in [-0.2, 0) is 11.2 Å². The Morgan fingerprint density at radius 1 is 1.29 bits per heavy atom. The van der Waals surface area contributed by atoms with Gasteiger partial charge in [0.25, 0.3) is 5.56 Å². The fraction of sp³-hybridized carbons (Fsp3) is 0.214. The molecule has 110 valence electrons. The maximum Gasteiger partial charge on any atom is 0.308 e. The lowest BCUT2D eigenvalue weighted by atomic mass is 10.1. The molecule has 1 aromatic carbocycles. The van der Waals surface area contributed by atoms with Gasteiger partial charge in [-0.25, -0.2) is 5.10 Å². The summed E-state index contributed by atoms with van der Waals surface area (Å²) in [6, 6.07) is 6.57. The third kappa shape index (κ3) is 3.19. The Morgan fingerprint density at radius 2 is 2.05 bits per heavy atom. The van der Waals surface area contributed by atoms with Crippen molar-refractivity contribution in [2.24, 2.45) is 0 Å². The highest BCUT2D eigenvalue weighted by Gasteiger charge is 2.13. The number of H-pyrrole nitrogens is 1. The molecule has 1 aromatic heterocycles. The summed E-state index contributed by atoms with van der Waals surface area (Å²) in [5.74, 6) is 0.0419. The minimum absolute atomic E-state index is 0.130. The smallest absolute Gasteiger partial charge is 0.308 e. The summed E-state index contributed by atoms with van der Waals surface area (Å²) in [6.07, 6.45) is -0.372. The van der Waals surface area contributed by atoms with E-state index in [0.29, 0.717) is 22.8 Å². The molecule has 2 N–H and O–H groups in total. The molecule has 1 heterocycles. The van der Waals surface area contributed by atoms with E-state index < -0.39 is 11.5 Å². The Balaban J connectivity index is 2.51. The highest BCUT2D eigenvalue weighted by Crippen LogP contribution is 2.31. The quantitative estimate of drug-likeness (QED) is 0.854. The summed E-state index contributed by atoms with van der Waals surface area (Å²) in [7, 11) is 3.04. The van der Waals surface area contributed by atoms with E-state index >= 15 is 0 Å². The molecular formula is C14H14N2O5. The van der Waals surface area contributed by atoms with E-state index in [9.17, 15) is 9.59 Å². The number of carboxylic acid groups (broad SMARTS) is 1. The first-order chi connectivity index (χ1) is 10.0. The lowest BCUT2D eigenvalue weighted by Gasteiger charge is -2.10. The van der Waals surface area contributed by atoms with Crippen LogP contribution in [0.5, 0.6) is 11.5 Å². The van der Waals surface area contributed by atoms with Crippen molar-refractivity contribution in [3.63, 3.8) is 0 Å². The number of aromatic nitrogens is 2. The third-order valence-corrected chi connectivity index (χ3v) is 2.91. The topological polar surface area (TPSA) is 102 Å². The van der Waals surface area contributed by atoms with Gasteiger partial charge in [0.15, 0.2) is 0 Å². The van der Waals surface area contributed by atoms with E-state index in [1.165, 1.54) is 20.3 Å². The molecule has 0 aliphatic heterocycles. The number of hydrogen-bond acceptors (Lipinski definition) is 5. The first-order valence-corrected chi connectivity index (χ1v) is 6.08. The van der Waals surface area contributed by atoms with Crippen LogP contribution in [0.3, 0.4) is 0 Å². The molecule has 0 bridgehead atoms. The number of benzene rings is 1. The molecule has 21 heavy (non-hydrogen) atoms. The largest absolute Gasteiger partial charge is 0.497 e. The number of aliphatic carboxylic acids is 1. The van der Waals surface area contributed by atoms with E-state index in [1.807, 2.05) is 0 Å². The van der Waals surface area contributed by atoms with Crippen molar-refractivity contribution in [1.29, 1.82) is 0 Å². The van der Waals surface area contributed by atoms with Gasteiger partial charge in [-0.2, -0.15) is 5.10 Å². The first kappa shape index (κ1) is 14.6. The number of rotatable bonds is 5. The molecule has 0 spiro atoms. The van der Waals surface area contributed by atoms with Crippen molar-refractivity contribution in [3.8, 4) is 22.8 Å². The van der Waals surface area contributed by atoms with Crippen molar-refractivity contribution in [2.75, 3.05) is 14.2 Å². The number of nitrogens with zero attached hydrogens (tertiary/aromatic N) is 1. The molecule has 0 radical (unpaired) electrons. The molecule has 0 aliphatic rings.